The summed E-state index contributed by atoms with van der Waals surface area (Å²) in [6, 6.07) is 7.87. The molecule has 0 bridgehead atoms. The van der Waals surface area contributed by atoms with E-state index in [1.807, 2.05) is 24.3 Å². The Balaban J connectivity index is 1.90. The zero-order valence-corrected chi connectivity index (χ0v) is 10.6. The van der Waals surface area contributed by atoms with Crippen molar-refractivity contribution in [2.24, 2.45) is 0 Å². The third-order valence-corrected chi connectivity index (χ3v) is 2.97. The summed E-state index contributed by atoms with van der Waals surface area (Å²) in [5, 5.41) is 5.84. The standard InChI is InChI=1S/C13H19N3O2/c1-14-13(17)10-18-12-4-2-11(3-5-12)16-8-6-15-7-9-16/h2-5,15H,6-10H2,1H3,(H,14,17). The molecule has 18 heavy (non-hydrogen) atoms. The van der Waals surface area contributed by atoms with Gasteiger partial charge in [0.1, 0.15) is 5.75 Å². The first-order valence-electron chi connectivity index (χ1n) is 6.19. The van der Waals surface area contributed by atoms with Crippen molar-refractivity contribution in [1.29, 1.82) is 0 Å². The molecule has 1 heterocycles. The lowest BCUT2D eigenvalue weighted by molar-refractivity contribution is -0.122. The van der Waals surface area contributed by atoms with Crippen LogP contribution in [0.4, 0.5) is 5.69 Å². The number of ether oxygens (including phenoxy) is 1. The summed E-state index contributed by atoms with van der Waals surface area (Å²) in [5.41, 5.74) is 1.20. The summed E-state index contributed by atoms with van der Waals surface area (Å²) >= 11 is 0. The third kappa shape index (κ3) is 3.37. The zero-order chi connectivity index (χ0) is 12.8. The van der Waals surface area contributed by atoms with E-state index < -0.39 is 0 Å². The van der Waals surface area contributed by atoms with Crippen molar-refractivity contribution in [3.63, 3.8) is 0 Å². The van der Waals surface area contributed by atoms with Crippen LogP contribution < -0.4 is 20.3 Å². The van der Waals surface area contributed by atoms with Crippen LogP contribution in [0.25, 0.3) is 0 Å². The first-order valence-corrected chi connectivity index (χ1v) is 6.19. The van der Waals surface area contributed by atoms with Gasteiger partial charge in [-0.05, 0) is 24.3 Å². The highest BCUT2D eigenvalue weighted by atomic mass is 16.5. The van der Waals surface area contributed by atoms with E-state index in [2.05, 4.69) is 15.5 Å². The average Bonchev–Trinajstić information content (AvgIpc) is 2.46. The zero-order valence-electron chi connectivity index (χ0n) is 10.6. The number of amides is 1. The number of nitrogens with one attached hydrogen (secondary N) is 2. The lowest BCUT2D eigenvalue weighted by Crippen LogP contribution is -2.43. The maximum atomic E-state index is 11.0. The number of carbonyl (C=O) groups excluding carboxylic acids is 1. The van der Waals surface area contributed by atoms with Crippen LogP contribution in [0.15, 0.2) is 24.3 Å². The van der Waals surface area contributed by atoms with Gasteiger partial charge in [0.15, 0.2) is 6.61 Å². The predicted molar refractivity (Wildman–Crippen MR) is 71.1 cm³/mol. The number of rotatable bonds is 4. The number of nitrogens with zero attached hydrogens (tertiary/aromatic N) is 1. The van der Waals surface area contributed by atoms with E-state index in [1.165, 1.54) is 5.69 Å². The van der Waals surface area contributed by atoms with E-state index in [1.54, 1.807) is 7.05 Å². The second-order valence-electron chi connectivity index (χ2n) is 4.19. The highest BCUT2D eigenvalue weighted by Gasteiger charge is 2.10. The Bertz CT molecular complexity index is 386. The van der Waals surface area contributed by atoms with E-state index >= 15 is 0 Å². The number of likely N-dealkylation sites (N-methyl/N-ethyl adjacent to an activating group) is 1. The van der Waals surface area contributed by atoms with Crippen LogP contribution in [-0.4, -0.2) is 45.7 Å². The van der Waals surface area contributed by atoms with Crippen molar-refractivity contribution in [2.45, 2.75) is 0 Å². The Morgan fingerprint density at radius 3 is 2.61 bits per heavy atom. The summed E-state index contributed by atoms with van der Waals surface area (Å²) in [4.78, 5) is 13.4. The van der Waals surface area contributed by atoms with Gasteiger partial charge in [-0.1, -0.05) is 0 Å². The Morgan fingerprint density at radius 1 is 1.33 bits per heavy atom. The largest absolute Gasteiger partial charge is 0.484 e. The monoisotopic (exact) mass is 249 g/mol. The summed E-state index contributed by atoms with van der Waals surface area (Å²) in [6.45, 7) is 4.16. The van der Waals surface area contributed by atoms with Crippen LogP contribution in [-0.2, 0) is 4.79 Å². The lowest BCUT2D eigenvalue weighted by Gasteiger charge is -2.29. The van der Waals surface area contributed by atoms with Crippen molar-refractivity contribution in [1.82, 2.24) is 10.6 Å². The van der Waals surface area contributed by atoms with Crippen LogP contribution in [0, 0.1) is 0 Å². The van der Waals surface area contributed by atoms with Crippen molar-refractivity contribution in [2.75, 3.05) is 44.7 Å². The van der Waals surface area contributed by atoms with Gasteiger partial charge in [0.05, 0.1) is 0 Å². The summed E-state index contributed by atoms with van der Waals surface area (Å²) < 4.78 is 5.36. The number of hydrogen-bond donors (Lipinski definition) is 2. The van der Waals surface area contributed by atoms with Crippen molar-refractivity contribution in [3.05, 3.63) is 24.3 Å². The lowest BCUT2D eigenvalue weighted by atomic mass is 10.2. The second-order valence-corrected chi connectivity index (χ2v) is 4.19. The molecule has 1 aromatic carbocycles. The molecule has 0 aliphatic carbocycles. The van der Waals surface area contributed by atoms with Gasteiger partial charge in [-0.2, -0.15) is 0 Å². The molecule has 1 aliphatic rings. The Hall–Kier alpha value is -1.75. The van der Waals surface area contributed by atoms with Gasteiger partial charge < -0.3 is 20.3 Å². The first kappa shape index (κ1) is 12.7. The van der Waals surface area contributed by atoms with Gasteiger partial charge in [-0.25, -0.2) is 0 Å². The van der Waals surface area contributed by atoms with Crippen LogP contribution in [0.1, 0.15) is 0 Å². The molecular formula is C13H19N3O2. The third-order valence-electron chi connectivity index (χ3n) is 2.97. The number of benzene rings is 1. The minimum Gasteiger partial charge on any atom is -0.484 e. The quantitative estimate of drug-likeness (QED) is 0.801. The molecule has 5 nitrogen and oxygen atoms in total. The summed E-state index contributed by atoms with van der Waals surface area (Å²) in [5.74, 6) is 0.596. The van der Waals surface area contributed by atoms with Crippen molar-refractivity contribution in [3.8, 4) is 5.75 Å². The van der Waals surface area contributed by atoms with Crippen LogP contribution in [0.3, 0.4) is 0 Å². The Kier molecular flexibility index (Phi) is 4.41. The molecule has 2 rings (SSSR count). The summed E-state index contributed by atoms with van der Waals surface area (Å²) in [7, 11) is 1.60. The maximum absolute atomic E-state index is 11.0. The number of piperazine rings is 1. The van der Waals surface area contributed by atoms with Crippen LogP contribution in [0.5, 0.6) is 5.75 Å². The fourth-order valence-electron chi connectivity index (χ4n) is 1.90. The average molecular weight is 249 g/mol. The van der Waals surface area contributed by atoms with E-state index in [9.17, 15) is 4.79 Å². The van der Waals surface area contributed by atoms with Gasteiger partial charge in [-0.3, -0.25) is 4.79 Å². The molecule has 0 atom stereocenters. The molecule has 1 saturated heterocycles. The molecule has 1 aromatic rings. The van der Waals surface area contributed by atoms with E-state index in [0.29, 0.717) is 0 Å². The normalized spacial score (nSPS) is 15.3. The number of carbonyl (C=O) groups is 1. The van der Waals surface area contributed by atoms with Crippen molar-refractivity contribution < 1.29 is 9.53 Å². The number of anilines is 1. The molecule has 98 valence electrons. The van der Waals surface area contributed by atoms with Gasteiger partial charge >= 0.3 is 0 Å². The highest BCUT2D eigenvalue weighted by molar-refractivity contribution is 5.77. The molecule has 0 aromatic heterocycles. The van der Waals surface area contributed by atoms with Gasteiger partial charge in [0.25, 0.3) is 5.91 Å². The van der Waals surface area contributed by atoms with E-state index in [4.69, 9.17) is 4.74 Å². The molecule has 0 saturated carbocycles. The van der Waals surface area contributed by atoms with Crippen molar-refractivity contribution >= 4 is 11.6 Å². The SMILES string of the molecule is CNC(=O)COc1ccc(N2CCNCC2)cc1. The molecule has 2 N–H and O–H groups in total. The second kappa shape index (κ2) is 6.26. The minimum absolute atomic E-state index is 0.0590. The fraction of sp³-hybridized carbons (Fsp3) is 0.462. The molecule has 5 heteroatoms. The molecule has 1 fully saturated rings. The van der Waals surface area contributed by atoms with Gasteiger partial charge in [-0.15, -0.1) is 0 Å². The van der Waals surface area contributed by atoms with Gasteiger partial charge in [0.2, 0.25) is 0 Å². The molecule has 1 amide bonds. The highest BCUT2D eigenvalue weighted by Crippen LogP contribution is 2.19. The van der Waals surface area contributed by atoms with Crippen LogP contribution in [0.2, 0.25) is 0 Å². The van der Waals surface area contributed by atoms with E-state index in [-0.39, 0.29) is 12.5 Å². The summed E-state index contributed by atoms with van der Waals surface area (Å²) in [6.07, 6.45) is 0. The first-order chi connectivity index (χ1) is 8.79. The topological polar surface area (TPSA) is 53.6 Å². The number of hydrogen-bond acceptors (Lipinski definition) is 4. The van der Waals surface area contributed by atoms with E-state index in [0.717, 1.165) is 31.9 Å². The molecule has 0 spiro atoms. The smallest absolute Gasteiger partial charge is 0.257 e. The molecular weight excluding hydrogens is 230 g/mol. The maximum Gasteiger partial charge on any atom is 0.257 e. The molecule has 0 unspecified atom stereocenters. The molecule has 1 aliphatic heterocycles. The van der Waals surface area contributed by atoms with Gasteiger partial charge in [0, 0.05) is 38.9 Å². The molecule has 0 radical (unpaired) electrons. The van der Waals surface area contributed by atoms with Crippen LogP contribution >= 0.6 is 0 Å². The fourth-order valence-corrected chi connectivity index (χ4v) is 1.90. The Labute approximate surface area is 107 Å². The minimum atomic E-state index is -0.124. The Morgan fingerprint density at radius 2 is 2.00 bits per heavy atom. The predicted octanol–water partition coefficient (Wildman–Crippen LogP) is 0.221.